The van der Waals surface area contributed by atoms with E-state index in [1.54, 1.807) is 12.1 Å². The highest BCUT2D eigenvalue weighted by molar-refractivity contribution is 7.93. The molecule has 0 aliphatic carbocycles. The van der Waals surface area contributed by atoms with E-state index in [4.69, 9.17) is 4.74 Å². The normalized spacial score (nSPS) is 18.5. The number of rotatable bonds is 3. The molecule has 0 radical (unpaired) electrons. The number of piperidine rings is 1. The largest absolute Gasteiger partial charge is 0.497 e. The minimum atomic E-state index is -3.69. The molecule has 0 aromatic heterocycles. The van der Waals surface area contributed by atoms with Gasteiger partial charge in [-0.25, -0.2) is 8.42 Å². The van der Waals surface area contributed by atoms with Crippen LogP contribution in [0.15, 0.2) is 29.2 Å². The zero-order valence-corrected chi connectivity index (χ0v) is 11.5. The lowest BCUT2D eigenvalue weighted by Gasteiger charge is -2.30. The summed E-state index contributed by atoms with van der Waals surface area (Å²) >= 11 is 0. The lowest BCUT2D eigenvalue weighted by Crippen LogP contribution is -2.46. The summed E-state index contributed by atoms with van der Waals surface area (Å²) in [5.41, 5.74) is 0. The van der Waals surface area contributed by atoms with E-state index < -0.39 is 14.6 Å². The molecule has 19 heavy (non-hydrogen) atoms. The van der Waals surface area contributed by atoms with Crippen LogP contribution >= 0.6 is 0 Å². The average Bonchev–Trinajstić information content (AvgIpc) is 2.47. The molecule has 6 heteroatoms. The minimum Gasteiger partial charge on any atom is -0.497 e. The monoisotopic (exact) mass is 280 g/mol. The summed E-state index contributed by atoms with van der Waals surface area (Å²) in [5, 5.41) is 12.5. The van der Waals surface area contributed by atoms with Crippen molar-refractivity contribution in [2.45, 2.75) is 22.5 Å². The highest BCUT2D eigenvalue weighted by Crippen LogP contribution is 2.34. The fourth-order valence-electron chi connectivity index (χ4n) is 2.27. The number of sulfone groups is 1. The van der Waals surface area contributed by atoms with Crippen molar-refractivity contribution in [3.8, 4) is 11.8 Å². The first-order chi connectivity index (χ1) is 9.05. The SMILES string of the molecule is COc1cccc(S(=O)(=O)C2(C#N)CCNCC2)c1. The van der Waals surface area contributed by atoms with Crippen LogP contribution in [0.1, 0.15) is 12.8 Å². The number of nitriles is 1. The Morgan fingerprint density at radius 2 is 2.05 bits per heavy atom. The molecule has 2 rings (SSSR count). The maximum Gasteiger partial charge on any atom is 0.197 e. The molecule has 1 heterocycles. The third kappa shape index (κ3) is 2.31. The summed E-state index contributed by atoms with van der Waals surface area (Å²) in [5.74, 6) is 0.475. The molecule has 0 bridgehead atoms. The standard InChI is InChI=1S/C13H16N2O3S/c1-18-11-3-2-4-12(9-11)19(16,17)13(10-14)5-7-15-8-6-13/h2-4,9,15H,5-8H2,1H3. The Bertz CT molecular complexity index is 599. The maximum absolute atomic E-state index is 12.7. The predicted octanol–water partition coefficient (Wildman–Crippen LogP) is 1.11. The zero-order chi connectivity index (χ0) is 13.9. The third-order valence-corrected chi connectivity index (χ3v) is 5.88. The first-order valence-corrected chi connectivity index (χ1v) is 7.55. The van der Waals surface area contributed by atoms with Crippen LogP contribution in [0.25, 0.3) is 0 Å². The van der Waals surface area contributed by atoms with Crippen molar-refractivity contribution < 1.29 is 13.2 Å². The van der Waals surface area contributed by atoms with Gasteiger partial charge >= 0.3 is 0 Å². The van der Waals surface area contributed by atoms with Crippen LogP contribution in [0.5, 0.6) is 5.75 Å². The Labute approximate surface area is 113 Å². The van der Waals surface area contributed by atoms with E-state index in [9.17, 15) is 13.7 Å². The molecule has 1 saturated heterocycles. The van der Waals surface area contributed by atoms with Gasteiger partial charge in [0.25, 0.3) is 0 Å². The molecule has 0 spiro atoms. The lowest BCUT2D eigenvalue weighted by molar-refractivity contribution is 0.412. The number of methoxy groups -OCH3 is 1. The van der Waals surface area contributed by atoms with Gasteiger partial charge in [0.05, 0.1) is 18.1 Å². The van der Waals surface area contributed by atoms with E-state index in [1.165, 1.54) is 19.2 Å². The molecule has 102 valence electrons. The summed E-state index contributed by atoms with van der Waals surface area (Å²) in [6.07, 6.45) is 0.617. The maximum atomic E-state index is 12.7. The molecule has 1 N–H and O–H groups in total. The number of hydrogen-bond acceptors (Lipinski definition) is 5. The van der Waals surface area contributed by atoms with Crippen LogP contribution in [-0.2, 0) is 9.84 Å². The molecular weight excluding hydrogens is 264 g/mol. The first kappa shape index (κ1) is 13.8. The molecule has 1 aliphatic heterocycles. The van der Waals surface area contributed by atoms with Crippen molar-refractivity contribution >= 4 is 9.84 Å². The molecular formula is C13H16N2O3S. The van der Waals surface area contributed by atoms with Gasteiger partial charge in [-0.3, -0.25) is 0 Å². The number of nitrogens with one attached hydrogen (secondary N) is 1. The van der Waals surface area contributed by atoms with E-state index in [2.05, 4.69) is 5.32 Å². The quantitative estimate of drug-likeness (QED) is 0.897. The Balaban J connectivity index is 2.48. The van der Waals surface area contributed by atoms with Crippen LogP contribution in [-0.4, -0.2) is 33.4 Å². The van der Waals surface area contributed by atoms with Gasteiger partial charge in [0.2, 0.25) is 0 Å². The van der Waals surface area contributed by atoms with E-state index in [1.807, 2.05) is 6.07 Å². The number of nitrogens with zero attached hydrogens (tertiary/aromatic N) is 1. The number of hydrogen-bond donors (Lipinski definition) is 1. The molecule has 1 aromatic carbocycles. The lowest BCUT2D eigenvalue weighted by atomic mass is 9.99. The Morgan fingerprint density at radius 1 is 1.37 bits per heavy atom. The van der Waals surface area contributed by atoms with E-state index in [-0.39, 0.29) is 4.90 Å². The predicted molar refractivity (Wildman–Crippen MR) is 70.6 cm³/mol. The second-order valence-electron chi connectivity index (χ2n) is 4.54. The van der Waals surface area contributed by atoms with Crippen LogP contribution in [0.2, 0.25) is 0 Å². The third-order valence-electron chi connectivity index (χ3n) is 3.48. The van der Waals surface area contributed by atoms with Crippen LogP contribution < -0.4 is 10.1 Å². The molecule has 1 aliphatic rings. The van der Waals surface area contributed by atoms with Crippen molar-refractivity contribution in [1.82, 2.24) is 5.32 Å². The second kappa shape index (κ2) is 5.19. The smallest absolute Gasteiger partial charge is 0.197 e. The summed E-state index contributed by atoms with van der Waals surface area (Å²) in [4.78, 5) is 0.148. The van der Waals surface area contributed by atoms with Gasteiger partial charge in [-0.15, -0.1) is 0 Å². The van der Waals surface area contributed by atoms with Gasteiger partial charge in [-0.05, 0) is 44.1 Å². The first-order valence-electron chi connectivity index (χ1n) is 6.06. The highest BCUT2D eigenvalue weighted by Gasteiger charge is 2.46. The van der Waals surface area contributed by atoms with E-state index >= 15 is 0 Å². The molecule has 1 fully saturated rings. The van der Waals surface area contributed by atoms with Gasteiger partial charge in [0, 0.05) is 0 Å². The minimum absolute atomic E-state index is 0.148. The highest BCUT2D eigenvalue weighted by atomic mass is 32.2. The van der Waals surface area contributed by atoms with Crippen molar-refractivity contribution in [2.75, 3.05) is 20.2 Å². The molecule has 0 unspecified atom stereocenters. The van der Waals surface area contributed by atoms with Crippen molar-refractivity contribution in [3.05, 3.63) is 24.3 Å². The fourth-order valence-corrected chi connectivity index (χ4v) is 4.11. The summed E-state index contributed by atoms with van der Waals surface area (Å²) in [6, 6.07) is 8.31. The van der Waals surface area contributed by atoms with Gasteiger partial charge < -0.3 is 10.1 Å². The summed E-state index contributed by atoms with van der Waals surface area (Å²) in [7, 11) is -2.20. The summed E-state index contributed by atoms with van der Waals surface area (Å²) in [6.45, 7) is 1.08. The van der Waals surface area contributed by atoms with Gasteiger partial charge in [-0.2, -0.15) is 5.26 Å². The zero-order valence-electron chi connectivity index (χ0n) is 10.7. The Hall–Kier alpha value is -1.58. The van der Waals surface area contributed by atoms with Crippen LogP contribution in [0.4, 0.5) is 0 Å². The number of ether oxygens (including phenoxy) is 1. The molecule has 0 atom stereocenters. The van der Waals surface area contributed by atoms with E-state index in [0.717, 1.165) is 0 Å². The molecule has 5 nitrogen and oxygen atoms in total. The van der Waals surface area contributed by atoms with Crippen molar-refractivity contribution in [1.29, 1.82) is 5.26 Å². The molecule has 0 amide bonds. The average molecular weight is 280 g/mol. The number of benzene rings is 1. The Kier molecular flexibility index (Phi) is 3.78. The molecule has 1 aromatic rings. The van der Waals surface area contributed by atoms with Crippen LogP contribution in [0.3, 0.4) is 0 Å². The second-order valence-corrected chi connectivity index (χ2v) is 6.80. The van der Waals surface area contributed by atoms with Crippen LogP contribution in [0, 0.1) is 11.3 Å². The van der Waals surface area contributed by atoms with Gasteiger partial charge in [-0.1, -0.05) is 6.07 Å². The fraction of sp³-hybridized carbons (Fsp3) is 0.462. The topological polar surface area (TPSA) is 79.2 Å². The summed E-state index contributed by atoms with van der Waals surface area (Å²) < 4.78 is 29.1. The van der Waals surface area contributed by atoms with Crippen molar-refractivity contribution in [2.24, 2.45) is 0 Å². The van der Waals surface area contributed by atoms with Gasteiger partial charge in [0.15, 0.2) is 14.6 Å². The molecule has 0 saturated carbocycles. The van der Waals surface area contributed by atoms with Gasteiger partial charge in [0.1, 0.15) is 5.75 Å². The van der Waals surface area contributed by atoms with Crippen molar-refractivity contribution in [3.63, 3.8) is 0 Å². The van der Waals surface area contributed by atoms with E-state index in [0.29, 0.717) is 31.7 Å². The Morgan fingerprint density at radius 3 is 2.63 bits per heavy atom.